The van der Waals surface area contributed by atoms with Gasteiger partial charge in [0.2, 0.25) is 0 Å². The molecule has 2 aliphatic rings. The van der Waals surface area contributed by atoms with E-state index in [0.29, 0.717) is 5.92 Å². The number of esters is 1. The second-order valence-electron chi connectivity index (χ2n) is 5.54. The van der Waals surface area contributed by atoms with Crippen molar-refractivity contribution >= 4 is 5.97 Å². The van der Waals surface area contributed by atoms with Crippen molar-refractivity contribution < 1.29 is 14.6 Å². The average Bonchev–Trinajstić information content (AvgIpc) is 3.11. The van der Waals surface area contributed by atoms with Gasteiger partial charge in [-0.25, -0.2) is 0 Å². The molecule has 0 radical (unpaired) electrons. The number of carbonyl (C=O) groups is 1. The van der Waals surface area contributed by atoms with Crippen LogP contribution < -0.4 is 0 Å². The summed E-state index contributed by atoms with van der Waals surface area (Å²) in [6.45, 7) is 1.79. The lowest BCUT2D eigenvalue weighted by molar-refractivity contribution is -0.158. The first-order valence-electron chi connectivity index (χ1n) is 6.37. The summed E-state index contributed by atoms with van der Waals surface area (Å²) in [5, 5.41) is 10.6. The smallest absolute Gasteiger partial charge is 0.311 e. The van der Waals surface area contributed by atoms with Crippen molar-refractivity contribution in [2.75, 3.05) is 7.11 Å². The van der Waals surface area contributed by atoms with Gasteiger partial charge in [0, 0.05) is 0 Å². The summed E-state index contributed by atoms with van der Waals surface area (Å²) in [5.74, 6) is 0.778. The first-order valence-corrected chi connectivity index (χ1v) is 6.37. The molecule has 0 heterocycles. The number of rotatable bonds is 3. The van der Waals surface area contributed by atoms with Gasteiger partial charge in [0.25, 0.3) is 0 Å². The van der Waals surface area contributed by atoms with Crippen LogP contribution in [0.2, 0.25) is 0 Å². The van der Waals surface area contributed by atoms with E-state index in [2.05, 4.69) is 0 Å². The summed E-state index contributed by atoms with van der Waals surface area (Å²) >= 11 is 0. The van der Waals surface area contributed by atoms with Crippen LogP contribution in [0.1, 0.15) is 45.4 Å². The quantitative estimate of drug-likeness (QED) is 0.750. The fraction of sp³-hybridized carbons (Fsp3) is 0.923. The molecular formula is C13H22O3. The van der Waals surface area contributed by atoms with Gasteiger partial charge in [-0.2, -0.15) is 0 Å². The van der Waals surface area contributed by atoms with Gasteiger partial charge in [0.05, 0.1) is 18.6 Å². The van der Waals surface area contributed by atoms with E-state index in [1.807, 2.05) is 0 Å². The maximum absolute atomic E-state index is 11.5. The van der Waals surface area contributed by atoms with E-state index in [1.165, 1.54) is 26.4 Å². The SMILES string of the molecule is COC(=O)C(C)C1(O)CCCC(C2CC2)C1. The minimum Gasteiger partial charge on any atom is -0.469 e. The lowest BCUT2D eigenvalue weighted by atomic mass is 9.70. The Morgan fingerprint density at radius 2 is 2.06 bits per heavy atom. The van der Waals surface area contributed by atoms with Crippen LogP contribution in [0.4, 0.5) is 0 Å². The van der Waals surface area contributed by atoms with Crippen molar-refractivity contribution in [2.45, 2.75) is 51.0 Å². The first-order chi connectivity index (χ1) is 7.57. The van der Waals surface area contributed by atoms with Gasteiger partial charge >= 0.3 is 5.97 Å². The molecular weight excluding hydrogens is 204 g/mol. The normalized spacial score (nSPS) is 36.8. The third-order valence-corrected chi connectivity index (χ3v) is 4.45. The molecule has 2 aliphatic carbocycles. The summed E-state index contributed by atoms with van der Waals surface area (Å²) in [6.07, 6.45) is 6.42. The molecule has 92 valence electrons. The highest BCUT2D eigenvalue weighted by Crippen LogP contribution is 2.48. The average molecular weight is 226 g/mol. The van der Waals surface area contributed by atoms with E-state index in [4.69, 9.17) is 4.74 Å². The van der Waals surface area contributed by atoms with Gasteiger partial charge in [-0.15, -0.1) is 0 Å². The van der Waals surface area contributed by atoms with Crippen LogP contribution in [-0.4, -0.2) is 23.8 Å². The first kappa shape index (κ1) is 11.9. The minimum absolute atomic E-state index is 0.279. The molecule has 0 aliphatic heterocycles. The molecule has 2 rings (SSSR count). The molecule has 2 saturated carbocycles. The molecule has 3 unspecified atom stereocenters. The lowest BCUT2D eigenvalue weighted by Crippen LogP contribution is -2.45. The number of methoxy groups -OCH3 is 1. The molecule has 3 atom stereocenters. The van der Waals surface area contributed by atoms with Crippen molar-refractivity contribution in [3.05, 3.63) is 0 Å². The predicted molar refractivity (Wildman–Crippen MR) is 60.8 cm³/mol. The minimum atomic E-state index is -0.821. The Morgan fingerprint density at radius 1 is 1.38 bits per heavy atom. The van der Waals surface area contributed by atoms with E-state index in [1.54, 1.807) is 6.92 Å². The van der Waals surface area contributed by atoms with Gasteiger partial charge in [-0.1, -0.05) is 6.42 Å². The van der Waals surface area contributed by atoms with Gasteiger partial charge in [0.15, 0.2) is 0 Å². The van der Waals surface area contributed by atoms with E-state index < -0.39 is 5.60 Å². The molecule has 1 N–H and O–H groups in total. The van der Waals surface area contributed by atoms with Gasteiger partial charge < -0.3 is 9.84 Å². The summed E-state index contributed by atoms with van der Waals surface area (Å²) in [7, 11) is 1.39. The summed E-state index contributed by atoms with van der Waals surface area (Å²) in [4.78, 5) is 11.5. The van der Waals surface area contributed by atoms with Crippen LogP contribution in [0.25, 0.3) is 0 Å². The molecule has 3 heteroatoms. The number of hydrogen-bond acceptors (Lipinski definition) is 3. The zero-order valence-electron chi connectivity index (χ0n) is 10.2. The summed E-state index contributed by atoms with van der Waals surface area (Å²) in [5.41, 5.74) is -0.821. The summed E-state index contributed by atoms with van der Waals surface area (Å²) < 4.78 is 4.74. The van der Waals surface area contributed by atoms with Crippen LogP contribution in [-0.2, 0) is 9.53 Å². The number of hydrogen-bond donors (Lipinski definition) is 1. The Kier molecular flexibility index (Phi) is 3.24. The van der Waals surface area contributed by atoms with Crippen molar-refractivity contribution in [2.24, 2.45) is 17.8 Å². The number of aliphatic hydroxyl groups is 1. The van der Waals surface area contributed by atoms with Crippen molar-refractivity contribution in [3.8, 4) is 0 Å². The van der Waals surface area contributed by atoms with Crippen molar-refractivity contribution in [3.63, 3.8) is 0 Å². The Hall–Kier alpha value is -0.570. The van der Waals surface area contributed by atoms with E-state index >= 15 is 0 Å². The second-order valence-corrected chi connectivity index (χ2v) is 5.54. The topological polar surface area (TPSA) is 46.5 Å². The number of ether oxygens (including phenoxy) is 1. The maximum atomic E-state index is 11.5. The van der Waals surface area contributed by atoms with E-state index in [9.17, 15) is 9.90 Å². The molecule has 0 bridgehead atoms. The zero-order chi connectivity index (χ0) is 11.8. The third kappa shape index (κ3) is 2.24. The zero-order valence-corrected chi connectivity index (χ0v) is 10.2. The Labute approximate surface area is 97.2 Å². The molecule has 0 aromatic carbocycles. The van der Waals surface area contributed by atoms with Crippen LogP contribution in [0.3, 0.4) is 0 Å². The molecule has 0 amide bonds. The number of carbonyl (C=O) groups excluding carboxylic acids is 1. The lowest BCUT2D eigenvalue weighted by Gasteiger charge is -2.40. The largest absolute Gasteiger partial charge is 0.469 e. The molecule has 0 spiro atoms. The second kappa shape index (κ2) is 4.36. The third-order valence-electron chi connectivity index (χ3n) is 4.45. The monoisotopic (exact) mass is 226 g/mol. The molecule has 0 saturated heterocycles. The van der Waals surface area contributed by atoms with Gasteiger partial charge in [-0.05, 0) is 50.9 Å². The highest BCUT2D eigenvalue weighted by Gasteiger charge is 2.46. The maximum Gasteiger partial charge on any atom is 0.311 e. The standard InChI is InChI=1S/C13H22O3/c1-9(12(14)16-2)13(15)7-3-4-11(8-13)10-5-6-10/h9-11,15H,3-8H2,1-2H3. The molecule has 16 heavy (non-hydrogen) atoms. The van der Waals surface area contributed by atoms with Crippen LogP contribution >= 0.6 is 0 Å². The fourth-order valence-electron chi connectivity index (χ4n) is 3.09. The van der Waals surface area contributed by atoms with E-state index in [-0.39, 0.29) is 11.9 Å². The highest BCUT2D eigenvalue weighted by atomic mass is 16.5. The predicted octanol–water partition coefficient (Wildman–Crippen LogP) is 2.13. The van der Waals surface area contributed by atoms with Crippen molar-refractivity contribution in [1.82, 2.24) is 0 Å². The fourth-order valence-corrected chi connectivity index (χ4v) is 3.09. The van der Waals surface area contributed by atoms with Crippen LogP contribution in [0.15, 0.2) is 0 Å². The van der Waals surface area contributed by atoms with Crippen LogP contribution in [0, 0.1) is 17.8 Å². The Balaban J connectivity index is 2.01. The summed E-state index contributed by atoms with van der Waals surface area (Å²) in [6, 6.07) is 0. The van der Waals surface area contributed by atoms with Gasteiger partial charge in [0.1, 0.15) is 0 Å². The van der Waals surface area contributed by atoms with Crippen LogP contribution in [0.5, 0.6) is 0 Å². The molecule has 2 fully saturated rings. The molecule has 0 aromatic heterocycles. The highest BCUT2D eigenvalue weighted by molar-refractivity contribution is 5.73. The molecule has 3 nitrogen and oxygen atoms in total. The Morgan fingerprint density at radius 3 is 2.62 bits per heavy atom. The van der Waals surface area contributed by atoms with E-state index in [0.717, 1.165) is 25.2 Å². The van der Waals surface area contributed by atoms with Crippen molar-refractivity contribution in [1.29, 1.82) is 0 Å². The van der Waals surface area contributed by atoms with Gasteiger partial charge in [-0.3, -0.25) is 4.79 Å². The Bertz CT molecular complexity index is 272. The molecule has 0 aromatic rings.